The molecule has 178 valence electrons. The van der Waals surface area contributed by atoms with E-state index in [-0.39, 0.29) is 12.0 Å². The van der Waals surface area contributed by atoms with E-state index < -0.39 is 0 Å². The molecule has 0 saturated heterocycles. The van der Waals surface area contributed by atoms with Crippen LogP contribution in [0.2, 0.25) is 0 Å². The molecule has 0 saturated carbocycles. The van der Waals surface area contributed by atoms with Crippen LogP contribution in [-0.4, -0.2) is 33.4 Å². The van der Waals surface area contributed by atoms with Gasteiger partial charge in [0.15, 0.2) is 17.6 Å². The minimum absolute atomic E-state index is 0.166. The van der Waals surface area contributed by atoms with Crippen LogP contribution in [0.1, 0.15) is 38.6 Å². The van der Waals surface area contributed by atoms with Crippen LogP contribution in [0.3, 0.4) is 0 Å². The number of furan rings is 1. The first-order chi connectivity index (χ1) is 17.0. The molecule has 8 nitrogen and oxygen atoms in total. The Hall–Kier alpha value is -4.07. The number of amides is 1. The number of nitrogens with one attached hydrogen (secondary N) is 1. The third-order valence-corrected chi connectivity index (χ3v) is 6.52. The zero-order valence-electron chi connectivity index (χ0n) is 19.7. The molecule has 1 aliphatic heterocycles. The number of hydrogen-bond donors (Lipinski definition) is 1. The molecular formula is C27H26N4O4. The van der Waals surface area contributed by atoms with E-state index in [9.17, 15) is 4.79 Å². The molecule has 4 aromatic rings. The van der Waals surface area contributed by atoms with Gasteiger partial charge < -0.3 is 19.2 Å². The Morgan fingerprint density at radius 1 is 1.17 bits per heavy atom. The first-order valence-electron chi connectivity index (χ1n) is 11.8. The number of nitrogens with zero attached hydrogens (tertiary/aromatic N) is 3. The van der Waals surface area contributed by atoms with Gasteiger partial charge in [0.1, 0.15) is 12.4 Å². The highest BCUT2D eigenvalue weighted by Gasteiger charge is 2.30. The second-order valence-electron chi connectivity index (χ2n) is 9.11. The summed E-state index contributed by atoms with van der Waals surface area (Å²) in [5.41, 5.74) is 6.02. The summed E-state index contributed by atoms with van der Waals surface area (Å²) in [4.78, 5) is 17.1. The van der Waals surface area contributed by atoms with Gasteiger partial charge in [0.2, 0.25) is 0 Å². The molecule has 1 aliphatic carbocycles. The monoisotopic (exact) mass is 470 g/mol. The standard InChI is InChI=1S/C27H26N4O4/c1-16-5-7-18(8-6-16)12-29-26(32)25-17(2)23-21(35-25)10-9-19-13-31(30-24(19)23)14-20-15-33-27-22(34-20)4-3-11-28-27/h3-8,11,13,20H,9-10,12,14-15H2,1-2H3,(H,29,32)/t20-/m1/s1. The Kier molecular flexibility index (Phi) is 5.28. The molecular weight excluding hydrogens is 444 g/mol. The van der Waals surface area contributed by atoms with Gasteiger partial charge in [0.25, 0.3) is 11.8 Å². The Morgan fingerprint density at radius 3 is 2.89 bits per heavy atom. The first kappa shape index (κ1) is 21.5. The minimum Gasteiger partial charge on any atom is -0.479 e. The van der Waals surface area contributed by atoms with Crippen LogP contribution in [0.25, 0.3) is 11.3 Å². The lowest BCUT2D eigenvalue weighted by Gasteiger charge is -2.25. The number of rotatable bonds is 5. The summed E-state index contributed by atoms with van der Waals surface area (Å²) < 4.78 is 19.7. The average molecular weight is 471 g/mol. The number of pyridine rings is 1. The summed E-state index contributed by atoms with van der Waals surface area (Å²) in [6.45, 7) is 5.39. The maximum Gasteiger partial charge on any atom is 0.287 e. The van der Waals surface area contributed by atoms with Gasteiger partial charge in [-0.05, 0) is 43.5 Å². The van der Waals surface area contributed by atoms with E-state index in [4.69, 9.17) is 19.0 Å². The van der Waals surface area contributed by atoms with E-state index in [1.165, 1.54) is 5.56 Å². The molecule has 1 N–H and O–H groups in total. The van der Waals surface area contributed by atoms with Crippen molar-refractivity contribution in [2.75, 3.05) is 6.61 Å². The molecule has 0 bridgehead atoms. The van der Waals surface area contributed by atoms with Crippen LogP contribution < -0.4 is 14.8 Å². The Balaban J connectivity index is 1.19. The van der Waals surface area contributed by atoms with Gasteiger partial charge in [-0.15, -0.1) is 0 Å². The zero-order valence-corrected chi connectivity index (χ0v) is 19.7. The predicted molar refractivity (Wildman–Crippen MR) is 129 cm³/mol. The molecule has 1 atom stereocenters. The maximum atomic E-state index is 12.9. The molecule has 0 fully saturated rings. The molecule has 0 radical (unpaired) electrons. The summed E-state index contributed by atoms with van der Waals surface area (Å²) in [6.07, 6.45) is 5.13. The van der Waals surface area contributed by atoms with Gasteiger partial charge in [-0.2, -0.15) is 5.10 Å². The predicted octanol–water partition coefficient (Wildman–Crippen LogP) is 4.02. The molecule has 4 heterocycles. The van der Waals surface area contributed by atoms with E-state index >= 15 is 0 Å². The number of aryl methyl sites for hydroxylation is 3. The second kappa shape index (κ2) is 8.61. The van der Waals surface area contributed by atoms with Gasteiger partial charge in [-0.1, -0.05) is 29.8 Å². The molecule has 35 heavy (non-hydrogen) atoms. The van der Waals surface area contributed by atoms with Crippen LogP contribution in [0.15, 0.2) is 53.2 Å². The highest BCUT2D eigenvalue weighted by Crippen LogP contribution is 2.38. The van der Waals surface area contributed by atoms with E-state index in [1.807, 2.05) is 54.9 Å². The van der Waals surface area contributed by atoms with Crippen molar-refractivity contribution < 1.29 is 18.7 Å². The summed E-state index contributed by atoms with van der Waals surface area (Å²) in [7, 11) is 0. The van der Waals surface area contributed by atoms with Crippen molar-refractivity contribution in [1.29, 1.82) is 0 Å². The second-order valence-corrected chi connectivity index (χ2v) is 9.11. The molecule has 1 amide bonds. The molecule has 3 aromatic heterocycles. The quantitative estimate of drug-likeness (QED) is 0.474. The van der Waals surface area contributed by atoms with Gasteiger partial charge >= 0.3 is 0 Å². The first-order valence-corrected chi connectivity index (χ1v) is 11.8. The zero-order chi connectivity index (χ0) is 23.9. The topological polar surface area (TPSA) is 91.4 Å². The van der Waals surface area contributed by atoms with E-state index in [0.717, 1.165) is 46.5 Å². The maximum absolute atomic E-state index is 12.9. The van der Waals surface area contributed by atoms with Crippen LogP contribution in [-0.2, 0) is 25.9 Å². The van der Waals surface area contributed by atoms with Crippen LogP contribution >= 0.6 is 0 Å². The molecule has 1 aromatic carbocycles. The summed E-state index contributed by atoms with van der Waals surface area (Å²) in [6, 6.07) is 11.8. The van der Waals surface area contributed by atoms with Crippen molar-refractivity contribution in [2.45, 2.75) is 45.9 Å². The van der Waals surface area contributed by atoms with Gasteiger partial charge in [0, 0.05) is 36.5 Å². The highest BCUT2D eigenvalue weighted by atomic mass is 16.6. The lowest BCUT2D eigenvalue weighted by molar-refractivity contribution is 0.0716. The lowest BCUT2D eigenvalue weighted by atomic mass is 9.93. The summed E-state index contributed by atoms with van der Waals surface area (Å²) >= 11 is 0. The van der Waals surface area contributed by atoms with E-state index in [0.29, 0.717) is 37.1 Å². The Bertz CT molecular complexity index is 1400. The summed E-state index contributed by atoms with van der Waals surface area (Å²) in [5.74, 6) is 2.14. The van der Waals surface area contributed by atoms with E-state index in [2.05, 4.69) is 16.5 Å². The third-order valence-electron chi connectivity index (χ3n) is 6.52. The molecule has 8 heteroatoms. The van der Waals surface area contributed by atoms with Crippen molar-refractivity contribution in [1.82, 2.24) is 20.1 Å². The minimum atomic E-state index is -0.210. The highest BCUT2D eigenvalue weighted by molar-refractivity contribution is 5.95. The number of benzene rings is 1. The van der Waals surface area contributed by atoms with Crippen molar-refractivity contribution in [3.05, 3.63) is 82.6 Å². The fourth-order valence-corrected chi connectivity index (χ4v) is 4.70. The smallest absolute Gasteiger partial charge is 0.287 e. The van der Waals surface area contributed by atoms with Gasteiger partial charge in [0.05, 0.1) is 12.2 Å². The Morgan fingerprint density at radius 2 is 2.03 bits per heavy atom. The van der Waals surface area contributed by atoms with Crippen molar-refractivity contribution in [3.63, 3.8) is 0 Å². The number of ether oxygens (including phenoxy) is 2. The SMILES string of the molecule is Cc1ccc(CNC(=O)c2oc3c(c2C)-c2nn(C[C@@H]4COc5ncccc5O4)cc2CC3)cc1. The molecule has 6 rings (SSSR count). The summed E-state index contributed by atoms with van der Waals surface area (Å²) in [5, 5.41) is 7.83. The number of carbonyl (C=O) groups excluding carboxylic acids is 1. The molecule has 0 spiro atoms. The number of aromatic nitrogens is 3. The largest absolute Gasteiger partial charge is 0.479 e. The average Bonchev–Trinajstić information content (AvgIpc) is 3.43. The van der Waals surface area contributed by atoms with E-state index in [1.54, 1.807) is 6.20 Å². The number of carbonyl (C=O) groups is 1. The number of hydrogen-bond acceptors (Lipinski definition) is 6. The Labute approximate surface area is 202 Å². The van der Waals surface area contributed by atoms with Gasteiger partial charge in [-0.3, -0.25) is 9.48 Å². The number of fused-ring (bicyclic) bond motifs is 4. The molecule has 2 aliphatic rings. The van der Waals surface area contributed by atoms with Gasteiger partial charge in [-0.25, -0.2) is 4.98 Å². The fourth-order valence-electron chi connectivity index (χ4n) is 4.70. The van der Waals surface area contributed by atoms with Crippen molar-refractivity contribution >= 4 is 5.91 Å². The van der Waals surface area contributed by atoms with Crippen molar-refractivity contribution in [2.24, 2.45) is 0 Å². The van der Waals surface area contributed by atoms with Crippen LogP contribution in [0, 0.1) is 13.8 Å². The lowest BCUT2D eigenvalue weighted by Crippen LogP contribution is -2.33. The van der Waals surface area contributed by atoms with Crippen LogP contribution in [0.4, 0.5) is 0 Å². The van der Waals surface area contributed by atoms with Crippen LogP contribution in [0.5, 0.6) is 11.6 Å². The fraction of sp³-hybridized carbons (Fsp3) is 0.296. The molecule has 0 unspecified atom stereocenters. The van der Waals surface area contributed by atoms with Crippen molar-refractivity contribution in [3.8, 4) is 22.9 Å². The normalized spacial score (nSPS) is 15.9. The third kappa shape index (κ3) is 4.05.